The van der Waals surface area contributed by atoms with E-state index in [2.05, 4.69) is 9.88 Å². The van der Waals surface area contributed by atoms with Crippen molar-refractivity contribution < 1.29 is 13.9 Å². The summed E-state index contributed by atoms with van der Waals surface area (Å²) in [7, 11) is 1.68. The summed E-state index contributed by atoms with van der Waals surface area (Å²) >= 11 is 0. The zero-order valence-corrected chi connectivity index (χ0v) is 17.5. The molecule has 0 saturated carbocycles. The molecule has 5 rings (SSSR count). The summed E-state index contributed by atoms with van der Waals surface area (Å²) < 4.78 is 17.6. The van der Waals surface area contributed by atoms with Gasteiger partial charge in [0.1, 0.15) is 11.5 Å². The number of pyridine rings is 1. The number of H-pyrrole nitrogens is 1. The third kappa shape index (κ3) is 3.52. The first-order valence-electron chi connectivity index (χ1n) is 10.6. The molecule has 6 nitrogen and oxygen atoms in total. The van der Waals surface area contributed by atoms with Gasteiger partial charge in [0.2, 0.25) is 0 Å². The molecule has 1 saturated heterocycles. The number of ether oxygens (including phenoxy) is 2. The van der Waals surface area contributed by atoms with Crippen LogP contribution in [0.5, 0.6) is 11.5 Å². The van der Waals surface area contributed by atoms with E-state index >= 15 is 0 Å². The summed E-state index contributed by atoms with van der Waals surface area (Å²) in [6, 6.07) is 9.94. The SMILES string of the molecule is COc1cc2c(cc1OCCCN1CCCC1)nc(-c1ccc(C)o1)c1cc[nH]c12. The second-order valence-electron chi connectivity index (χ2n) is 7.91. The lowest BCUT2D eigenvalue weighted by Gasteiger charge is -2.16. The molecular formula is C24H27N3O3. The van der Waals surface area contributed by atoms with Crippen LogP contribution in [0.15, 0.2) is 40.9 Å². The Balaban J connectivity index is 1.48. The molecule has 1 N–H and O–H groups in total. The summed E-state index contributed by atoms with van der Waals surface area (Å²) in [4.78, 5) is 10.8. The number of fused-ring (bicyclic) bond motifs is 3. The Morgan fingerprint density at radius 2 is 1.97 bits per heavy atom. The van der Waals surface area contributed by atoms with Gasteiger partial charge in [-0.05, 0) is 63.5 Å². The molecule has 1 aliphatic rings. The number of furan rings is 1. The summed E-state index contributed by atoms with van der Waals surface area (Å²) in [5.41, 5.74) is 2.70. The first-order valence-corrected chi connectivity index (χ1v) is 10.6. The van der Waals surface area contributed by atoms with Crippen molar-refractivity contribution in [3.63, 3.8) is 0 Å². The Hall–Kier alpha value is -2.99. The largest absolute Gasteiger partial charge is 0.493 e. The van der Waals surface area contributed by atoms with Gasteiger partial charge in [0.15, 0.2) is 17.3 Å². The fraction of sp³-hybridized carbons (Fsp3) is 0.375. The number of aryl methyl sites for hydroxylation is 1. The highest BCUT2D eigenvalue weighted by Crippen LogP contribution is 2.38. The molecule has 0 spiro atoms. The smallest absolute Gasteiger partial charge is 0.163 e. The lowest BCUT2D eigenvalue weighted by molar-refractivity contribution is 0.254. The van der Waals surface area contributed by atoms with Crippen LogP contribution in [0.2, 0.25) is 0 Å². The molecule has 1 fully saturated rings. The monoisotopic (exact) mass is 405 g/mol. The molecule has 1 aromatic carbocycles. The second kappa shape index (κ2) is 8.03. The maximum atomic E-state index is 6.11. The van der Waals surface area contributed by atoms with Gasteiger partial charge in [-0.1, -0.05) is 0 Å². The Labute approximate surface area is 175 Å². The number of aromatic nitrogens is 2. The van der Waals surface area contributed by atoms with Crippen molar-refractivity contribution >= 4 is 21.8 Å². The maximum absolute atomic E-state index is 6.11. The predicted molar refractivity (Wildman–Crippen MR) is 118 cm³/mol. The third-order valence-electron chi connectivity index (χ3n) is 5.83. The van der Waals surface area contributed by atoms with Crippen LogP contribution in [0.4, 0.5) is 0 Å². The van der Waals surface area contributed by atoms with Crippen LogP contribution in [0, 0.1) is 6.92 Å². The van der Waals surface area contributed by atoms with Gasteiger partial charge in [0.25, 0.3) is 0 Å². The zero-order chi connectivity index (χ0) is 20.5. The number of rotatable bonds is 7. The highest BCUT2D eigenvalue weighted by molar-refractivity contribution is 6.09. The first-order chi connectivity index (χ1) is 14.7. The summed E-state index contributed by atoms with van der Waals surface area (Å²) in [5.74, 6) is 3.09. The number of nitrogens with zero attached hydrogens (tertiary/aromatic N) is 2. The van der Waals surface area contributed by atoms with Gasteiger partial charge < -0.3 is 23.8 Å². The van der Waals surface area contributed by atoms with Crippen molar-refractivity contribution in [2.45, 2.75) is 26.2 Å². The van der Waals surface area contributed by atoms with E-state index in [4.69, 9.17) is 18.9 Å². The Morgan fingerprint density at radius 3 is 2.73 bits per heavy atom. The first kappa shape index (κ1) is 19.0. The lowest BCUT2D eigenvalue weighted by Crippen LogP contribution is -2.21. The van der Waals surface area contributed by atoms with E-state index in [9.17, 15) is 0 Å². The molecular weight excluding hydrogens is 378 g/mol. The summed E-state index contributed by atoms with van der Waals surface area (Å²) in [6.45, 7) is 6.11. The minimum Gasteiger partial charge on any atom is -0.493 e. The highest BCUT2D eigenvalue weighted by atomic mass is 16.5. The van der Waals surface area contributed by atoms with Crippen molar-refractivity contribution in [1.82, 2.24) is 14.9 Å². The fourth-order valence-corrected chi connectivity index (χ4v) is 4.31. The molecule has 30 heavy (non-hydrogen) atoms. The van der Waals surface area contributed by atoms with Crippen LogP contribution < -0.4 is 9.47 Å². The number of benzene rings is 1. The second-order valence-corrected chi connectivity index (χ2v) is 7.91. The molecule has 0 unspecified atom stereocenters. The molecule has 1 aliphatic heterocycles. The fourth-order valence-electron chi connectivity index (χ4n) is 4.31. The normalized spacial score (nSPS) is 14.7. The molecule has 4 heterocycles. The van der Waals surface area contributed by atoms with Crippen LogP contribution in [0.1, 0.15) is 25.0 Å². The van der Waals surface area contributed by atoms with Gasteiger partial charge in [-0.25, -0.2) is 4.98 Å². The van der Waals surface area contributed by atoms with Gasteiger partial charge in [0.05, 0.1) is 24.8 Å². The standard InChI is InChI=1S/C24H27N3O3/c1-16-6-7-20(30-16)24-17-8-9-25-23(17)18-14-21(28-2)22(15-19(18)26-24)29-13-5-12-27-10-3-4-11-27/h6-9,14-15,25H,3-5,10-13H2,1-2H3. The van der Waals surface area contributed by atoms with E-state index in [0.717, 1.165) is 63.5 Å². The van der Waals surface area contributed by atoms with E-state index in [-0.39, 0.29) is 0 Å². The van der Waals surface area contributed by atoms with Crippen LogP contribution in [0.25, 0.3) is 33.3 Å². The Bertz CT molecular complexity index is 1170. The average Bonchev–Trinajstić information content (AvgIpc) is 3.51. The number of aromatic amines is 1. The van der Waals surface area contributed by atoms with Crippen LogP contribution in [-0.4, -0.2) is 48.2 Å². The number of methoxy groups -OCH3 is 1. The van der Waals surface area contributed by atoms with Crippen molar-refractivity contribution in [2.24, 2.45) is 0 Å². The van der Waals surface area contributed by atoms with Crippen molar-refractivity contribution in [3.8, 4) is 23.0 Å². The van der Waals surface area contributed by atoms with Crippen LogP contribution in [0.3, 0.4) is 0 Å². The third-order valence-corrected chi connectivity index (χ3v) is 5.83. The number of nitrogens with one attached hydrogen (secondary N) is 1. The van der Waals surface area contributed by atoms with E-state index in [0.29, 0.717) is 6.61 Å². The van der Waals surface area contributed by atoms with Crippen molar-refractivity contribution in [1.29, 1.82) is 0 Å². The molecule has 3 aromatic heterocycles. The van der Waals surface area contributed by atoms with Gasteiger partial charge in [-0.15, -0.1) is 0 Å². The van der Waals surface area contributed by atoms with E-state index in [1.807, 2.05) is 43.5 Å². The molecule has 0 radical (unpaired) electrons. The van der Waals surface area contributed by atoms with Gasteiger partial charge in [-0.2, -0.15) is 0 Å². The Kier molecular flexibility index (Phi) is 5.09. The molecule has 6 heteroatoms. The van der Waals surface area contributed by atoms with Crippen molar-refractivity contribution in [3.05, 3.63) is 42.3 Å². The van der Waals surface area contributed by atoms with E-state index in [1.54, 1.807) is 7.11 Å². The number of hydrogen-bond acceptors (Lipinski definition) is 5. The molecule has 0 aliphatic carbocycles. The van der Waals surface area contributed by atoms with Crippen LogP contribution >= 0.6 is 0 Å². The molecule has 0 amide bonds. The van der Waals surface area contributed by atoms with Crippen LogP contribution in [-0.2, 0) is 0 Å². The molecule has 0 bridgehead atoms. The number of likely N-dealkylation sites (tertiary alicyclic amines) is 1. The average molecular weight is 405 g/mol. The van der Waals surface area contributed by atoms with Gasteiger partial charge in [0, 0.05) is 29.6 Å². The zero-order valence-electron chi connectivity index (χ0n) is 17.5. The number of hydrogen-bond donors (Lipinski definition) is 1. The predicted octanol–water partition coefficient (Wildman–Crippen LogP) is 5.16. The minimum atomic E-state index is 0.660. The van der Waals surface area contributed by atoms with E-state index < -0.39 is 0 Å². The lowest BCUT2D eigenvalue weighted by atomic mass is 10.1. The molecule has 4 aromatic rings. The maximum Gasteiger partial charge on any atom is 0.163 e. The minimum absolute atomic E-state index is 0.660. The van der Waals surface area contributed by atoms with Gasteiger partial charge >= 0.3 is 0 Å². The van der Waals surface area contributed by atoms with E-state index in [1.165, 1.54) is 25.9 Å². The summed E-state index contributed by atoms with van der Waals surface area (Å²) in [5, 5.41) is 2.03. The van der Waals surface area contributed by atoms with Gasteiger partial charge in [-0.3, -0.25) is 0 Å². The van der Waals surface area contributed by atoms with Crippen molar-refractivity contribution in [2.75, 3.05) is 33.4 Å². The quantitative estimate of drug-likeness (QED) is 0.430. The topological polar surface area (TPSA) is 63.5 Å². The molecule has 156 valence electrons. The molecule has 0 atom stereocenters. The highest BCUT2D eigenvalue weighted by Gasteiger charge is 2.17. The Morgan fingerprint density at radius 1 is 1.10 bits per heavy atom. The summed E-state index contributed by atoms with van der Waals surface area (Å²) in [6.07, 6.45) is 5.56.